The molecule has 0 unspecified atom stereocenters. The number of fused-ring (bicyclic) bond motifs is 1. The molecule has 0 spiro atoms. The average molecular weight is 445 g/mol. The zero-order valence-electron chi connectivity index (χ0n) is 16.1. The molecule has 4 N–H and O–H groups in total. The Balaban J connectivity index is -0.000000356. The number of aliphatic hydroxyl groups is 1. The minimum atomic E-state index is -0.833. The van der Waals surface area contributed by atoms with Gasteiger partial charge in [-0.05, 0) is 18.9 Å². The molecule has 28 heavy (non-hydrogen) atoms. The van der Waals surface area contributed by atoms with Gasteiger partial charge < -0.3 is 33.3 Å². The minimum absolute atomic E-state index is 0. The molecule has 0 amide bonds. The fourth-order valence-corrected chi connectivity index (χ4v) is 1.82. The predicted molar refractivity (Wildman–Crippen MR) is 96.8 cm³/mol. The molecule has 152 valence electrons. The van der Waals surface area contributed by atoms with Crippen molar-refractivity contribution in [2.45, 2.75) is 39.2 Å². The number of carbonyl (C=O) groups is 2. The zero-order chi connectivity index (χ0) is 21.4. The maximum absolute atomic E-state index is 13.1. The van der Waals surface area contributed by atoms with Gasteiger partial charge in [-0.15, -0.1) is 0 Å². The Labute approximate surface area is 211 Å². The summed E-state index contributed by atoms with van der Waals surface area (Å²) in [6.07, 6.45) is 1.81. The van der Waals surface area contributed by atoms with Crippen LogP contribution in [-0.2, 0) is 28.6 Å². The van der Waals surface area contributed by atoms with Crippen LogP contribution >= 0.6 is 0 Å². The van der Waals surface area contributed by atoms with E-state index in [1.165, 1.54) is 11.5 Å². The number of carboxylic acid groups (broad SMARTS) is 1. The van der Waals surface area contributed by atoms with E-state index in [0.717, 1.165) is 19.4 Å². The van der Waals surface area contributed by atoms with Crippen LogP contribution in [0.4, 0.5) is 8.78 Å². The van der Waals surface area contributed by atoms with Crippen LogP contribution in [0.25, 0.3) is 0 Å². The van der Waals surface area contributed by atoms with E-state index in [4.69, 9.17) is 30.7 Å². The van der Waals surface area contributed by atoms with Crippen LogP contribution in [0, 0.1) is 22.3 Å². The third-order valence-electron chi connectivity index (χ3n) is 2.71. The Bertz CT molecular complexity index is 641. The molecular formula is C17H23F2KN2O5S. The number of Topliss-reactive ketones (excluding diaryl/α,β-unsaturated/α-hetero) is 1. The molecule has 0 bridgehead atoms. The summed E-state index contributed by atoms with van der Waals surface area (Å²) in [4.78, 5) is 19.2. The first-order valence-electron chi connectivity index (χ1n) is 7.82. The third-order valence-corrected chi connectivity index (χ3v) is 2.71. The monoisotopic (exact) mass is 444 g/mol. The molecule has 1 aliphatic heterocycles. The number of aliphatic carboxylic acids is 1. The molecule has 0 aromatic heterocycles. The summed E-state index contributed by atoms with van der Waals surface area (Å²) in [5.74, 6) is -2.00. The fraction of sp³-hybridized carbons (Fsp3) is 0.471. The summed E-state index contributed by atoms with van der Waals surface area (Å²) in [7, 11) is 0. The quantitative estimate of drug-likeness (QED) is 0.297. The van der Waals surface area contributed by atoms with Crippen LogP contribution in [-0.4, -0.2) is 41.2 Å². The predicted octanol–water partition coefficient (Wildman–Crippen LogP) is -1.32. The van der Waals surface area contributed by atoms with Gasteiger partial charge in [-0.2, -0.15) is 0 Å². The van der Waals surface area contributed by atoms with Crippen LogP contribution in [0.3, 0.4) is 0 Å². The zero-order valence-corrected chi connectivity index (χ0v) is 20.0. The average Bonchev–Trinajstić information content (AvgIpc) is 2.55. The van der Waals surface area contributed by atoms with Gasteiger partial charge in [0.15, 0.2) is 17.3 Å². The molecule has 2 rings (SSSR count). The molecule has 0 saturated carbocycles. The van der Waals surface area contributed by atoms with E-state index in [9.17, 15) is 13.6 Å². The molecule has 1 heterocycles. The largest absolute Gasteiger partial charge is 1.00 e. The van der Waals surface area contributed by atoms with E-state index in [1.807, 2.05) is 6.92 Å². The Morgan fingerprint density at radius 3 is 2.32 bits per heavy atom. The maximum Gasteiger partial charge on any atom is 1.00 e. The Morgan fingerprint density at radius 1 is 1.43 bits per heavy atom. The molecular weight excluding hydrogens is 421 g/mol. The normalized spacial score (nSPS) is 13.0. The van der Waals surface area contributed by atoms with Crippen LogP contribution in [0.5, 0.6) is 5.75 Å². The van der Waals surface area contributed by atoms with Gasteiger partial charge in [0, 0.05) is 31.0 Å². The van der Waals surface area contributed by atoms with E-state index < -0.39 is 17.6 Å². The number of nitrogens with zero attached hydrogens (tertiary/aromatic N) is 1. The Kier molecular flexibility index (Phi) is 22.4. The van der Waals surface area contributed by atoms with Crippen LogP contribution in [0.2, 0.25) is 0 Å². The summed E-state index contributed by atoms with van der Waals surface area (Å²) in [6, 6.07) is 1.90. The molecule has 0 aliphatic carbocycles. The van der Waals surface area contributed by atoms with Gasteiger partial charge in [-0.3, -0.25) is 9.59 Å². The summed E-state index contributed by atoms with van der Waals surface area (Å²) < 4.78 is 30.9. The standard InChI is InChI=1S/C9H9F2NO.C5H10O2.C2H4O2.CHNS.K/c10-6-1-5-2-7(12)4-13-9(5)8(11)3-6;1-2-3-5(7)4-6;1-2(3)4;2-1-3;/h1,3,7H,2,4,12H2;6H,2-4H2,1H3;1H3,(H,3,4);3H;/q;;;;+1/p-1/t7-;;;;/m1..../s1. The van der Waals surface area contributed by atoms with E-state index in [0.29, 0.717) is 18.4 Å². The number of nitriles is 1. The number of thiocyanates is 1. The van der Waals surface area contributed by atoms with Gasteiger partial charge in [-0.25, -0.2) is 14.0 Å². The van der Waals surface area contributed by atoms with Gasteiger partial charge in [-0.1, -0.05) is 12.3 Å². The van der Waals surface area contributed by atoms with Crippen molar-refractivity contribution in [3.8, 4) is 11.2 Å². The number of halogens is 2. The van der Waals surface area contributed by atoms with Gasteiger partial charge in [0.2, 0.25) is 0 Å². The maximum atomic E-state index is 13.1. The van der Waals surface area contributed by atoms with Gasteiger partial charge >= 0.3 is 51.4 Å². The molecule has 0 radical (unpaired) electrons. The number of aliphatic hydroxyl groups excluding tert-OH is 1. The van der Waals surface area contributed by atoms with Crippen molar-refractivity contribution in [2.24, 2.45) is 5.73 Å². The smallest absolute Gasteiger partial charge is 0.696 e. The van der Waals surface area contributed by atoms with Crippen molar-refractivity contribution in [1.82, 2.24) is 0 Å². The van der Waals surface area contributed by atoms with Crippen molar-refractivity contribution in [3.63, 3.8) is 0 Å². The van der Waals surface area contributed by atoms with Crippen molar-refractivity contribution >= 4 is 24.4 Å². The number of carbonyl (C=O) groups excluding carboxylic acids is 1. The Hall–Kier alpha value is -0.714. The number of ether oxygens (including phenoxy) is 1. The first-order valence-corrected chi connectivity index (χ1v) is 8.23. The van der Waals surface area contributed by atoms with Gasteiger partial charge in [0.05, 0.1) is 0 Å². The molecule has 1 aromatic carbocycles. The first-order chi connectivity index (χ1) is 12.6. The Morgan fingerprint density at radius 2 is 1.93 bits per heavy atom. The summed E-state index contributed by atoms with van der Waals surface area (Å²) in [5, 5.41) is 24.0. The van der Waals surface area contributed by atoms with E-state index in [-0.39, 0.29) is 82.2 Å². The van der Waals surface area contributed by atoms with Crippen LogP contribution in [0.1, 0.15) is 32.3 Å². The first kappa shape index (κ1) is 32.0. The van der Waals surface area contributed by atoms with Crippen molar-refractivity contribution in [1.29, 1.82) is 5.26 Å². The van der Waals surface area contributed by atoms with Crippen molar-refractivity contribution < 1.29 is 84.7 Å². The molecule has 7 nitrogen and oxygen atoms in total. The molecule has 0 saturated heterocycles. The topological polar surface area (TPSA) is 134 Å². The van der Waals surface area contributed by atoms with Gasteiger partial charge in [0.1, 0.15) is 19.0 Å². The van der Waals surface area contributed by atoms with Crippen molar-refractivity contribution in [2.75, 3.05) is 13.2 Å². The van der Waals surface area contributed by atoms with Crippen LogP contribution in [0.15, 0.2) is 12.1 Å². The van der Waals surface area contributed by atoms with Gasteiger partial charge in [0.25, 0.3) is 5.97 Å². The summed E-state index contributed by atoms with van der Waals surface area (Å²) >= 11 is 3.70. The third kappa shape index (κ3) is 17.4. The summed E-state index contributed by atoms with van der Waals surface area (Å²) in [6.45, 7) is 2.98. The SMILES string of the molecule is CC(=O)O.CCCC(=O)CO.N#C[S-].N[C@H]1COc2c(F)cc(F)cc2C1.[K+]. The van der Waals surface area contributed by atoms with E-state index >= 15 is 0 Å². The number of rotatable bonds is 3. The second-order valence-electron chi connectivity index (χ2n) is 5.21. The van der Waals surface area contributed by atoms with E-state index in [2.05, 4.69) is 12.6 Å². The number of hydrogen-bond acceptors (Lipinski definition) is 7. The molecule has 1 aliphatic rings. The molecule has 1 atom stereocenters. The second-order valence-corrected chi connectivity index (χ2v) is 5.39. The molecule has 11 heteroatoms. The molecule has 1 aromatic rings. The van der Waals surface area contributed by atoms with Crippen molar-refractivity contribution in [3.05, 3.63) is 29.3 Å². The number of benzene rings is 1. The molecule has 0 fully saturated rings. The number of nitrogens with two attached hydrogens (primary N) is 1. The van der Waals surface area contributed by atoms with Crippen LogP contribution < -0.4 is 61.9 Å². The minimum Gasteiger partial charge on any atom is -0.696 e. The second kappa shape index (κ2) is 19.6. The number of hydrogen-bond donors (Lipinski definition) is 3. The summed E-state index contributed by atoms with van der Waals surface area (Å²) in [5.41, 5.74) is 6.09. The number of ketones is 1. The fourth-order valence-electron chi connectivity index (χ4n) is 1.82. The number of carboxylic acids is 1. The van der Waals surface area contributed by atoms with E-state index in [1.54, 1.807) is 0 Å².